The smallest absolute Gasteiger partial charge is 0.344 e. The molecule has 2 aliphatic rings. The Morgan fingerprint density at radius 2 is 1.18 bits per heavy atom. The number of phenolic OH excluding ortho intramolecular Hbond substituents is 2. The summed E-state index contributed by atoms with van der Waals surface area (Å²) in [6.07, 6.45) is 0. The average molecular weight is 432 g/mol. The molecule has 0 atom stereocenters. The van der Waals surface area contributed by atoms with Gasteiger partial charge < -0.3 is 19.7 Å². The molecule has 0 amide bonds. The van der Waals surface area contributed by atoms with Crippen LogP contribution < -0.4 is 4.74 Å². The number of carbonyl (C=O) groups excluding carboxylic acids is 1. The third-order valence-electron chi connectivity index (χ3n) is 6.71. The van der Waals surface area contributed by atoms with E-state index in [2.05, 4.69) is 0 Å². The van der Waals surface area contributed by atoms with Crippen molar-refractivity contribution in [3.8, 4) is 23.0 Å². The highest BCUT2D eigenvalue weighted by molar-refractivity contribution is 6.03. The summed E-state index contributed by atoms with van der Waals surface area (Å²) in [5.74, 6) is -0.341. The molecule has 5 aromatic carbocycles. The molecule has 0 saturated carbocycles. The molecule has 0 bridgehead atoms. The van der Waals surface area contributed by atoms with E-state index in [1.807, 2.05) is 72.8 Å². The first-order valence-corrected chi connectivity index (χ1v) is 10.6. The van der Waals surface area contributed by atoms with E-state index in [1.54, 1.807) is 6.07 Å². The minimum absolute atomic E-state index is 0.0323. The van der Waals surface area contributed by atoms with Crippen LogP contribution in [0.1, 0.15) is 27.0 Å². The zero-order valence-electron chi connectivity index (χ0n) is 17.2. The maximum Gasteiger partial charge on any atom is 0.344 e. The number of hydrogen-bond acceptors (Lipinski definition) is 5. The summed E-state index contributed by atoms with van der Waals surface area (Å²) in [4.78, 5) is 13.1. The van der Waals surface area contributed by atoms with Crippen LogP contribution in [0.4, 0.5) is 0 Å². The zero-order valence-corrected chi connectivity index (χ0v) is 17.2. The van der Waals surface area contributed by atoms with E-state index in [9.17, 15) is 15.0 Å². The minimum atomic E-state index is -1.32. The molecule has 0 fully saturated rings. The van der Waals surface area contributed by atoms with Gasteiger partial charge in [-0.25, -0.2) is 4.79 Å². The topological polar surface area (TPSA) is 76.0 Å². The second-order valence-electron chi connectivity index (χ2n) is 8.36. The Balaban J connectivity index is 1.68. The molecule has 33 heavy (non-hydrogen) atoms. The van der Waals surface area contributed by atoms with Crippen LogP contribution in [0.3, 0.4) is 0 Å². The van der Waals surface area contributed by atoms with Crippen molar-refractivity contribution in [3.63, 3.8) is 0 Å². The van der Waals surface area contributed by atoms with E-state index in [1.165, 1.54) is 6.07 Å². The molecular formula is C28H16O5. The largest absolute Gasteiger partial charge is 0.504 e. The Morgan fingerprint density at radius 3 is 1.79 bits per heavy atom. The number of esters is 1. The maximum atomic E-state index is 13.1. The van der Waals surface area contributed by atoms with Gasteiger partial charge in [0.25, 0.3) is 0 Å². The summed E-state index contributed by atoms with van der Waals surface area (Å²) in [5.41, 5.74) is 0.450. The third kappa shape index (κ3) is 2.13. The monoisotopic (exact) mass is 432 g/mol. The van der Waals surface area contributed by atoms with Crippen LogP contribution in [0.25, 0.3) is 21.5 Å². The molecule has 5 heteroatoms. The van der Waals surface area contributed by atoms with Crippen molar-refractivity contribution in [1.82, 2.24) is 0 Å². The molecule has 158 valence electrons. The lowest BCUT2D eigenvalue weighted by Gasteiger charge is -2.37. The predicted molar refractivity (Wildman–Crippen MR) is 123 cm³/mol. The Hall–Kier alpha value is -4.51. The van der Waals surface area contributed by atoms with Crippen molar-refractivity contribution in [1.29, 1.82) is 0 Å². The van der Waals surface area contributed by atoms with Gasteiger partial charge in [-0.15, -0.1) is 0 Å². The van der Waals surface area contributed by atoms with Gasteiger partial charge in [0.15, 0.2) is 17.1 Å². The number of rotatable bonds is 0. The van der Waals surface area contributed by atoms with Gasteiger partial charge in [-0.1, -0.05) is 60.7 Å². The molecule has 0 aliphatic carbocycles. The number of carbonyl (C=O) groups is 1. The number of benzene rings is 5. The lowest BCUT2D eigenvalue weighted by molar-refractivity contribution is 0.0225. The van der Waals surface area contributed by atoms with Gasteiger partial charge in [-0.05, 0) is 35.0 Å². The van der Waals surface area contributed by atoms with Crippen LogP contribution in [0, 0.1) is 0 Å². The van der Waals surface area contributed by atoms with E-state index < -0.39 is 17.3 Å². The van der Waals surface area contributed by atoms with Crippen LogP contribution in [0.5, 0.6) is 23.0 Å². The average Bonchev–Trinajstić information content (AvgIpc) is 3.14. The summed E-state index contributed by atoms with van der Waals surface area (Å²) in [6.45, 7) is 0. The summed E-state index contributed by atoms with van der Waals surface area (Å²) in [5, 5.41) is 24.4. The van der Waals surface area contributed by atoms with Crippen molar-refractivity contribution in [2.45, 2.75) is 5.60 Å². The number of aromatic hydroxyl groups is 2. The third-order valence-corrected chi connectivity index (χ3v) is 6.71. The number of ether oxygens (including phenoxy) is 2. The van der Waals surface area contributed by atoms with Crippen molar-refractivity contribution >= 4 is 27.5 Å². The van der Waals surface area contributed by atoms with Gasteiger partial charge in [0, 0.05) is 27.5 Å². The summed E-state index contributed by atoms with van der Waals surface area (Å²) >= 11 is 0. The first-order valence-electron chi connectivity index (χ1n) is 10.6. The lowest BCUT2D eigenvalue weighted by Crippen LogP contribution is -2.33. The van der Waals surface area contributed by atoms with Crippen molar-refractivity contribution in [3.05, 3.63) is 107 Å². The second kappa shape index (κ2) is 6.04. The number of fused-ring (bicyclic) bond motifs is 10. The van der Waals surface area contributed by atoms with E-state index in [0.717, 1.165) is 21.5 Å². The highest BCUT2D eigenvalue weighted by Gasteiger charge is 2.55. The van der Waals surface area contributed by atoms with E-state index in [4.69, 9.17) is 9.47 Å². The molecule has 2 aliphatic heterocycles. The van der Waals surface area contributed by atoms with E-state index in [-0.39, 0.29) is 11.3 Å². The summed E-state index contributed by atoms with van der Waals surface area (Å²) in [7, 11) is 0. The highest BCUT2D eigenvalue weighted by Crippen LogP contribution is 2.60. The Bertz CT molecular complexity index is 1580. The van der Waals surface area contributed by atoms with Crippen molar-refractivity contribution in [2.24, 2.45) is 0 Å². The number of hydrogen-bond donors (Lipinski definition) is 2. The standard InChI is InChI=1S/C28H16O5/c29-22-14-13-19-23(24(22)30)27(31)33-28(19)20-11-9-15-5-1-3-7-17(15)25(20)32-26-18-8-4-2-6-16(18)10-12-21(26)28/h1-14,29-30H. The van der Waals surface area contributed by atoms with Gasteiger partial charge in [-0.2, -0.15) is 0 Å². The molecule has 1 spiro atoms. The van der Waals surface area contributed by atoms with Gasteiger partial charge in [0.1, 0.15) is 17.1 Å². The highest BCUT2D eigenvalue weighted by atomic mass is 16.6. The van der Waals surface area contributed by atoms with Crippen molar-refractivity contribution in [2.75, 3.05) is 0 Å². The Labute approximate surface area is 188 Å². The maximum absolute atomic E-state index is 13.1. The Morgan fingerprint density at radius 1 is 0.636 bits per heavy atom. The molecule has 0 aromatic heterocycles. The molecular weight excluding hydrogens is 416 g/mol. The van der Waals surface area contributed by atoms with Crippen LogP contribution in [-0.2, 0) is 10.3 Å². The van der Waals surface area contributed by atoms with Crippen LogP contribution >= 0.6 is 0 Å². The first-order chi connectivity index (χ1) is 16.1. The fourth-order valence-electron chi connectivity index (χ4n) is 5.23. The summed E-state index contributed by atoms with van der Waals surface area (Å²) in [6, 6.07) is 26.5. The minimum Gasteiger partial charge on any atom is -0.504 e. The molecule has 0 saturated heterocycles. The molecule has 7 rings (SSSR count). The van der Waals surface area contributed by atoms with Gasteiger partial charge in [-0.3, -0.25) is 0 Å². The van der Waals surface area contributed by atoms with Crippen LogP contribution in [-0.4, -0.2) is 16.2 Å². The van der Waals surface area contributed by atoms with Crippen LogP contribution in [0.2, 0.25) is 0 Å². The second-order valence-corrected chi connectivity index (χ2v) is 8.36. The first kappa shape index (κ1) is 18.1. The van der Waals surface area contributed by atoms with Gasteiger partial charge in [0.05, 0.1) is 0 Å². The Kier molecular flexibility index (Phi) is 3.32. The fourth-order valence-corrected chi connectivity index (χ4v) is 5.23. The van der Waals surface area contributed by atoms with Gasteiger partial charge in [0.2, 0.25) is 0 Å². The molecule has 2 heterocycles. The molecule has 5 aromatic rings. The SMILES string of the molecule is O=C1OC2(c3ccc(O)c(O)c31)c1ccc3ccccc3c1Oc1c2ccc2ccccc12. The zero-order chi connectivity index (χ0) is 22.3. The predicted octanol–water partition coefficient (Wildman–Crippen LogP) is 5.97. The lowest BCUT2D eigenvalue weighted by atomic mass is 9.76. The molecule has 0 unspecified atom stereocenters. The quantitative estimate of drug-likeness (QED) is 0.233. The van der Waals surface area contributed by atoms with E-state index in [0.29, 0.717) is 28.2 Å². The van der Waals surface area contributed by atoms with Gasteiger partial charge >= 0.3 is 5.97 Å². The summed E-state index contributed by atoms with van der Waals surface area (Å²) < 4.78 is 12.7. The molecule has 5 nitrogen and oxygen atoms in total. The van der Waals surface area contributed by atoms with E-state index >= 15 is 0 Å². The molecule has 2 N–H and O–H groups in total. The molecule has 0 radical (unpaired) electrons. The normalized spacial score (nSPS) is 15.1. The number of phenols is 2. The van der Waals surface area contributed by atoms with Crippen molar-refractivity contribution < 1.29 is 24.5 Å². The fraction of sp³-hybridized carbons (Fsp3) is 0.0357. The van der Waals surface area contributed by atoms with Crippen LogP contribution in [0.15, 0.2) is 84.9 Å².